The first-order valence-electron chi connectivity index (χ1n) is 7.58. The second-order valence-electron chi connectivity index (χ2n) is 5.27. The molecule has 0 radical (unpaired) electrons. The minimum atomic E-state index is -0.967. The van der Waals surface area contributed by atoms with Gasteiger partial charge in [0.05, 0.1) is 12.7 Å². The van der Waals surface area contributed by atoms with Gasteiger partial charge >= 0.3 is 17.9 Å². The van der Waals surface area contributed by atoms with Crippen molar-refractivity contribution in [1.29, 1.82) is 0 Å². The number of rotatable bonds is 5. The van der Waals surface area contributed by atoms with Crippen molar-refractivity contribution < 1.29 is 28.6 Å². The molecule has 25 heavy (non-hydrogen) atoms. The van der Waals surface area contributed by atoms with E-state index in [-0.39, 0.29) is 5.97 Å². The summed E-state index contributed by atoms with van der Waals surface area (Å²) in [5.74, 6) is -1.13. The third-order valence-corrected chi connectivity index (χ3v) is 3.39. The molecule has 2 aromatic rings. The van der Waals surface area contributed by atoms with Gasteiger partial charge in [-0.3, -0.25) is 4.79 Å². The number of methoxy groups -OCH3 is 1. The highest BCUT2D eigenvalue weighted by Gasteiger charge is 2.19. The molecule has 0 amide bonds. The number of esters is 3. The Morgan fingerprint density at radius 3 is 1.88 bits per heavy atom. The molecule has 1 unspecified atom stereocenters. The van der Waals surface area contributed by atoms with Gasteiger partial charge in [-0.2, -0.15) is 0 Å². The van der Waals surface area contributed by atoms with Crippen molar-refractivity contribution in [2.75, 3.05) is 7.11 Å². The first-order valence-corrected chi connectivity index (χ1v) is 7.58. The fraction of sp³-hybridized carbons (Fsp3) is 0.211. The predicted molar refractivity (Wildman–Crippen MR) is 90.1 cm³/mol. The highest BCUT2D eigenvalue weighted by atomic mass is 16.6. The van der Waals surface area contributed by atoms with Crippen molar-refractivity contribution in [1.82, 2.24) is 0 Å². The molecule has 0 aliphatic heterocycles. The molecule has 0 heterocycles. The highest BCUT2D eigenvalue weighted by molar-refractivity contribution is 5.92. The molecule has 130 valence electrons. The van der Waals surface area contributed by atoms with Gasteiger partial charge < -0.3 is 14.2 Å². The van der Waals surface area contributed by atoms with Gasteiger partial charge in [-0.25, -0.2) is 9.59 Å². The summed E-state index contributed by atoms with van der Waals surface area (Å²) in [5, 5.41) is 0. The van der Waals surface area contributed by atoms with Crippen LogP contribution < -0.4 is 4.74 Å². The van der Waals surface area contributed by atoms with Crippen LogP contribution in [0.25, 0.3) is 11.1 Å². The van der Waals surface area contributed by atoms with E-state index in [1.54, 1.807) is 36.4 Å². The molecule has 2 rings (SSSR count). The van der Waals surface area contributed by atoms with Gasteiger partial charge in [0, 0.05) is 6.92 Å². The van der Waals surface area contributed by atoms with E-state index in [9.17, 15) is 14.4 Å². The SMILES string of the molecule is COC(=O)C(C)OC(=O)c1ccc(-c2ccc(OC(C)=O)cc2)cc1. The van der Waals surface area contributed by atoms with E-state index in [1.165, 1.54) is 21.0 Å². The van der Waals surface area contributed by atoms with Crippen LogP contribution in [0.5, 0.6) is 5.75 Å². The Hall–Kier alpha value is -3.15. The van der Waals surface area contributed by atoms with Crippen molar-refractivity contribution in [2.45, 2.75) is 20.0 Å². The van der Waals surface area contributed by atoms with Crippen molar-refractivity contribution in [3.63, 3.8) is 0 Å². The van der Waals surface area contributed by atoms with Crippen molar-refractivity contribution in [3.05, 3.63) is 54.1 Å². The molecular weight excluding hydrogens is 324 g/mol. The summed E-state index contributed by atoms with van der Waals surface area (Å²) in [6, 6.07) is 13.8. The lowest BCUT2D eigenvalue weighted by Gasteiger charge is -2.11. The zero-order valence-corrected chi connectivity index (χ0v) is 14.1. The molecule has 0 aliphatic carbocycles. The second kappa shape index (κ2) is 8.10. The first-order chi connectivity index (χ1) is 11.9. The van der Waals surface area contributed by atoms with Gasteiger partial charge in [-0.1, -0.05) is 24.3 Å². The topological polar surface area (TPSA) is 78.9 Å². The summed E-state index contributed by atoms with van der Waals surface area (Å²) in [6.07, 6.45) is -0.967. The van der Waals surface area contributed by atoms with Crippen LogP contribution in [0.15, 0.2) is 48.5 Å². The largest absolute Gasteiger partial charge is 0.466 e. The van der Waals surface area contributed by atoms with E-state index in [4.69, 9.17) is 9.47 Å². The van der Waals surface area contributed by atoms with Crippen LogP contribution in [0.1, 0.15) is 24.2 Å². The average molecular weight is 342 g/mol. The molecule has 0 spiro atoms. The molecule has 1 atom stereocenters. The molecule has 6 nitrogen and oxygen atoms in total. The lowest BCUT2D eigenvalue weighted by Crippen LogP contribution is -2.25. The molecule has 6 heteroatoms. The maximum Gasteiger partial charge on any atom is 0.346 e. The van der Waals surface area contributed by atoms with Gasteiger partial charge in [0.1, 0.15) is 5.75 Å². The molecule has 0 aromatic heterocycles. The summed E-state index contributed by atoms with van der Waals surface area (Å²) in [6.45, 7) is 2.79. The fourth-order valence-electron chi connectivity index (χ4n) is 2.12. The van der Waals surface area contributed by atoms with E-state index in [0.717, 1.165) is 11.1 Å². The van der Waals surface area contributed by atoms with Gasteiger partial charge in [-0.05, 0) is 42.3 Å². The Morgan fingerprint density at radius 1 is 0.880 bits per heavy atom. The number of ether oxygens (including phenoxy) is 3. The Morgan fingerprint density at radius 2 is 1.40 bits per heavy atom. The lowest BCUT2D eigenvalue weighted by molar-refractivity contribution is -0.149. The van der Waals surface area contributed by atoms with Gasteiger partial charge in [0.15, 0.2) is 6.10 Å². The molecule has 2 aromatic carbocycles. The van der Waals surface area contributed by atoms with E-state index < -0.39 is 18.0 Å². The van der Waals surface area contributed by atoms with Crippen LogP contribution in [-0.2, 0) is 19.1 Å². The molecule has 0 fully saturated rings. The van der Waals surface area contributed by atoms with Gasteiger partial charge in [0.2, 0.25) is 0 Å². The number of carbonyl (C=O) groups excluding carboxylic acids is 3. The molecule has 0 saturated carbocycles. The average Bonchev–Trinajstić information content (AvgIpc) is 2.61. The van der Waals surface area contributed by atoms with E-state index >= 15 is 0 Å². The Bertz CT molecular complexity index is 762. The minimum absolute atomic E-state index is 0.330. The zero-order valence-electron chi connectivity index (χ0n) is 14.1. The summed E-state index contributed by atoms with van der Waals surface area (Å²) in [4.78, 5) is 34.2. The van der Waals surface area contributed by atoms with Crippen LogP contribution in [0.2, 0.25) is 0 Å². The van der Waals surface area contributed by atoms with E-state index in [0.29, 0.717) is 11.3 Å². The normalized spacial score (nSPS) is 11.3. The second-order valence-corrected chi connectivity index (χ2v) is 5.27. The highest BCUT2D eigenvalue weighted by Crippen LogP contribution is 2.23. The predicted octanol–water partition coefficient (Wildman–Crippen LogP) is 3.00. The van der Waals surface area contributed by atoms with Crippen molar-refractivity contribution in [3.8, 4) is 16.9 Å². The molecule has 0 saturated heterocycles. The van der Waals surface area contributed by atoms with Crippen molar-refractivity contribution >= 4 is 17.9 Å². The van der Waals surface area contributed by atoms with Crippen LogP contribution in [0.3, 0.4) is 0 Å². The molecule has 0 bridgehead atoms. The Kier molecular flexibility index (Phi) is 5.89. The van der Waals surface area contributed by atoms with Crippen molar-refractivity contribution in [2.24, 2.45) is 0 Å². The smallest absolute Gasteiger partial charge is 0.346 e. The zero-order chi connectivity index (χ0) is 18.4. The Labute approximate surface area is 145 Å². The monoisotopic (exact) mass is 342 g/mol. The molecule has 0 N–H and O–H groups in total. The summed E-state index contributed by atoms with van der Waals surface area (Å²) in [5.41, 5.74) is 2.11. The third kappa shape index (κ3) is 4.91. The summed E-state index contributed by atoms with van der Waals surface area (Å²) in [7, 11) is 1.23. The number of hydrogen-bond donors (Lipinski definition) is 0. The van der Waals surface area contributed by atoms with Crippen LogP contribution in [-0.4, -0.2) is 31.1 Å². The summed E-state index contributed by atoms with van der Waals surface area (Å²) >= 11 is 0. The third-order valence-electron chi connectivity index (χ3n) is 3.39. The fourth-order valence-corrected chi connectivity index (χ4v) is 2.12. The maximum atomic E-state index is 12.0. The first kappa shape index (κ1) is 18.2. The Balaban J connectivity index is 2.07. The van der Waals surface area contributed by atoms with E-state index in [2.05, 4.69) is 4.74 Å². The van der Waals surface area contributed by atoms with Gasteiger partial charge in [-0.15, -0.1) is 0 Å². The van der Waals surface area contributed by atoms with Crippen LogP contribution >= 0.6 is 0 Å². The van der Waals surface area contributed by atoms with Crippen LogP contribution in [0, 0.1) is 0 Å². The van der Waals surface area contributed by atoms with Crippen LogP contribution in [0.4, 0.5) is 0 Å². The molecular formula is C19H18O6. The van der Waals surface area contributed by atoms with Gasteiger partial charge in [0.25, 0.3) is 0 Å². The summed E-state index contributed by atoms with van der Waals surface area (Å²) < 4.78 is 14.5. The number of benzene rings is 2. The molecule has 0 aliphatic rings. The van der Waals surface area contributed by atoms with E-state index in [1.807, 2.05) is 12.1 Å². The minimum Gasteiger partial charge on any atom is -0.466 e. The lowest BCUT2D eigenvalue weighted by atomic mass is 10.0. The number of hydrogen-bond acceptors (Lipinski definition) is 6. The number of carbonyl (C=O) groups is 3. The standard InChI is InChI=1S/C19H18O6/c1-12(18(21)23-3)24-19(22)16-6-4-14(5-7-16)15-8-10-17(11-9-15)25-13(2)20/h4-12H,1-3H3. The maximum absolute atomic E-state index is 12.0. The quantitative estimate of drug-likeness (QED) is 0.614.